The van der Waals surface area contributed by atoms with Gasteiger partial charge in [-0.3, -0.25) is 0 Å². The van der Waals surface area contributed by atoms with E-state index in [1.807, 2.05) is 30.3 Å². The minimum Gasteiger partial charge on any atom is -0.396 e. The van der Waals surface area contributed by atoms with Crippen LogP contribution in [0, 0.1) is 11.3 Å². The molecule has 0 atom stereocenters. The van der Waals surface area contributed by atoms with Gasteiger partial charge in [0.05, 0.1) is 5.69 Å². The first-order valence-corrected chi connectivity index (χ1v) is 6.22. The number of nitrogens with one attached hydrogen (secondary N) is 1. The number of hydrogen-bond acceptors (Lipinski definition) is 4. The molecule has 2 rings (SSSR count). The fourth-order valence-electron chi connectivity index (χ4n) is 1.64. The van der Waals surface area contributed by atoms with E-state index in [0.29, 0.717) is 11.5 Å². The van der Waals surface area contributed by atoms with Gasteiger partial charge in [-0.05, 0) is 36.2 Å². The lowest BCUT2D eigenvalue weighted by Crippen LogP contribution is -2.07. The van der Waals surface area contributed by atoms with Gasteiger partial charge in [-0.15, -0.1) is 0 Å². The predicted octanol–water partition coefficient (Wildman–Crippen LogP) is 2.84. The van der Waals surface area contributed by atoms with E-state index >= 15 is 0 Å². The highest BCUT2D eigenvalue weighted by molar-refractivity contribution is 6.30. The van der Waals surface area contributed by atoms with Gasteiger partial charge in [0, 0.05) is 11.6 Å². The average Bonchev–Trinajstić information content (AvgIpc) is 2.43. The maximum absolute atomic E-state index is 8.84. The monoisotopic (exact) mass is 272 g/mol. The largest absolute Gasteiger partial charge is 0.396 e. The lowest BCUT2D eigenvalue weighted by molar-refractivity contribution is 1.00. The van der Waals surface area contributed by atoms with Crippen LogP contribution in [-0.4, -0.2) is 11.5 Å². The topological polar surface area (TPSA) is 74.7 Å². The van der Waals surface area contributed by atoms with Crippen molar-refractivity contribution >= 4 is 23.1 Å². The molecule has 0 bridgehead atoms. The first kappa shape index (κ1) is 13.2. The van der Waals surface area contributed by atoms with E-state index in [9.17, 15) is 0 Å². The second-order valence-electron chi connectivity index (χ2n) is 4.05. The molecular weight excluding hydrogens is 260 g/mol. The van der Waals surface area contributed by atoms with Gasteiger partial charge in [0.2, 0.25) is 0 Å². The summed E-state index contributed by atoms with van der Waals surface area (Å²) in [5, 5.41) is 12.7. The van der Waals surface area contributed by atoms with Crippen LogP contribution in [0.3, 0.4) is 0 Å². The molecule has 19 heavy (non-hydrogen) atoms. The summed E-state index contributed by atoms with van der Waals surface area (Å²) in [4.78, 5) is 4.12. The van der Waals surface area contributed by atoms with Crippen molar-refractivity contribution in [3.05, 3.63) is 52.7 Å². The van der Waals surface area contributed by atoms with Crippen LogP contribution in [0.2, 0.25) is 5.02 Å². The van der Waals surface area contributed by atoms with Gasteiger partial charge in [-0.25, -0.2) is 4.98 Å². The fraction of sp³-hybridized carbons (Fsp3) is 0.143. The molecule has 1 aromatic carbocycles. The quantitative estimate of drug-likeness (QED) is 0.897. The summed E-state index contributed by atoms with van der Waals surface area (Å²) >= 11 is 5.82. The highest BCUT2D eigenvalue weighted by Gasteiger charge is 2.01. The van der Waals surface area contributed by atoms with Crippen LogP contribution in [0.5, 0.6) is 0 Å². The van der Waals surface area contributed by atoms with Gasteiger partial charge in [0.25, 0.3) is 0 Å². The number of nitrogen functional groups attached to an aromatic ring is 1. The Labute approximate surface area is 116 Å². The second kappa shape index (κ2) is 6.07. The zero-order valence-corrected chi connectivity index (χ0v) is 11.0. The Hall–Kier alpha value is -2.25. The van der Waals surface area contributed by atoms with Crippen molar-refractivity contribution in [2.75, 3.05) is 17.6 Å². The van der Waals surface area contributed by atoms with Crippen LogP contribution in [0.25, 0.3) is 0 Å². The van der Waals surface area contributed by atoms with E-state index in [1.54, 1.807) is 12.1 Å². The fourth-order valence-corrected chi connectivity index (χ4v) is 1.77. The molecule has 1 aromatic heterocycles. The lowest BCUT2D eigenvalue weighted by Gasteiger charge is -2.07. The minimum atomic E-state index is 0.247. The molecule has 0 unspecified atom stereocenters. The van der Waals surface area contributed by atoms with Crippen molar-refractivity contribution in [2.24, 2.45) is 0 Å². The van der Waals surface area contributed by atoms with Gasteiger partial charge in [0.1, 0.15) is 11.9 Å². The maximum atomic E-state index is 8.84. The molecule has 4 nitrogen and oxygen atoms in total. The molecule has 0 saturated heterocycles. The van der Waals surface area contributed by atoms with Crippen molar-refractivity contribution < 1.29 is 0 Å². The van der Waals surface area contributed by atoms with Gasteiger partial charge < -0.3 is 11.1 Å². The molecule has 0 aliphatic rings. The van der Waals surface area contributed by atoms with Gasteiger partial charge in [-0.1, -0.05) is 23.7 Å². The SMILES string of the molecule is N#Cc1nc(NCCc2ccc(Cl)cc2)ccc1N. The summed E-state index contributed by atoms with van der Waals surface area (Å²) in [5.74, 6) is 0.653. The van der Waals surface area contributed by atoms with E-state index in [4.69, 9.17) is 22.6 Å². The molecule has 0 saturated carbocycles. The van der Waals surface area contributed by atoms with Crippen molar-refractivity contribution in [3.8, 4) is 6.07 Å². The summed E-state index contributed by atoms with van der Waals surface area (Å²) in [6.45, 7) is 0.726. The van der Waals surface area contributed by atoms with Crippen LogP contribution >= 0.6 is 11.6 Å². The minimum absolute atomic E-state index is 0.247. The molecule has 0 aliphatic heterocycles. The number of nitrogens with zero attached hydrogens (tertiary/aromatic N) is 2. The number of hydrogen-bond donors (Lipinski definition) is 2. The number of aromatic nitrogens is 1. The number of rotatable bonds is 4. The first-order valence-electron chi connectivity index (χ1n) is 5.84. The van der Waals surface area contributed by atoms with Crippen molar-refractivity contribution in [2.45, 2.75) is 6.42 Å². The van der Waals surface area contributed by atoms with E-state index in [-0.39, 0.29) is 5.69 Å². The van der Waals surface area contributed by atoms with Gasteiger partial charge in [0.15, 0.2) is 5.69 Å². The highest BCUT2D eigenvalue weighted by atomic mass is 35.5. The molecule has 2 aromatic rings. The normalized spacial score (nSPS) is 9.89. The Balaban J connectivity index is 1.92. The van der Waals surface area contributed by atoms with Crippen LogP contribution in [0.1, 0.15) is 11.3 Å². The molecule has 0 radical (unpaired) electrons. The predicted molar refractivity (Wildman–Crippen MR) is 77.0 cm³/mol. The number of halogens is 1. The molecule has 0 aliphatic carbocycles. The Morgan fingerprint density at radius 3 is 2.63 bits per heavy atom. The molecule has 96 valence electrons. The number of nitriles is 1. The Morgan fingerprint density at radius 2 is 1.95 bits per heavy atom. The Bertz CT molecular complexity index is 602. The molecule has 0 fully saturated rings. The summed E-state index contributed by atoms with van der Waals surface area (Å²) in [7, 11) is 0. The summed E-state index contributed by atoms with van der Waals surface area (Å²) in [5.41, 5.74) is 7.44. The van der Waals surface area contributed by atoms with Crippen LogP contribution in [0.4, 0.5) is 11.5 Å². The standard InChI is InChI=1S/C14H13ClN4/c15-11-3-1-10(2-4-11)7-8-18-14-6-5-12(17)13(9-16)19-14/h1-6H,7-8,17H2,(H,18,19). The summed E-state index contributed by atoms with van der Waals surface area (Å²) in [6.07, 6.45) is 0.852. The molecular formula is C14H13ClN4. The van der Waals surface area contributed by atoms with Crippen molar-refractivity contribution in [1.29, 1.82) is 5.26 Å². The third kappa shape index (κ3) is 3.60. The average molecular weight is 273 g/mol. The van der Waals surface area contributed by atoms with E-state index < -0.39 is 0 Å². The number of nitrogens with two attached hydrogens (primary N) is 1. The van der Waals surface area contributed by atoms with Crippen LogP contribution < -0.4 is 11.1 Å². The zero-order chi connectivity index (χ0) is 13.7. The van der Waals surface area contributed by atoms with Gasteiger partial charge in [-0.2, -0.15) is 5.26 Å². The summed E-state index contributed by atoms with van der Waals surface area (Å²) in [6, 6.07) is 13.1. The summed E-state index contributed by atoms with van der Waals surface area (Å²) < 4.78 is 0. The Kier molecular flexibility index (Phi) is 4.22. The zero-order valence-electron chi connectivity index (χ0n) is 10.2. The van der Waals surface area contributed by atoms with E-state index in [2.05, 4.69) is 10.3 Å². The van der Waals surface area contributed by atoms with Crippen LogP contribution in [-0.2, 0) is 6.42 Å². The van der Waals surface area contributed by atoms with E-state index in [1.165, 1.54) is 5.56 Å². The highest BCUT2D eigenvalue weighted by Crippen LogP contribution is 2.13. The molecule has 0 amide bonds. The van der Waals surface area contributed by atoms with E-state index in [0.717, 1.165) is 18.0 Å². The number of benzene rings is 1. The number of pyridine rings is 1. The lowest BCUT2D eigenvalue weighted by atomic mass is 10.1. The smallest absolute Gasteiger partial charge is 0.165 e. The molecule has 1 heterocycles. The van der Waals surface area contributed by atoms with Crippen molar-refractivity contribution in [3.63, 3.8) is 0 Å². The van der Waals surface area contributed by atoms with Crippen molar-refractivity contribution in [1.82, 2.24) is 4.98 Å². The Morgan fingerprint density at radius 1 is 1.21 bits per heavy atom. The van der Waals surface area contributed by atoms with Gasteiger partial charge >= 0.3 is 0 Å². The second-order valence-corrected chi connectivity index (χ2v) is 4.49. The molecule has 5 heteroatoms. The third-order valence-corrected chi connectivity index (χ3v) is 2.92. The van der Waals surface area contributed by atoms with Crippen LogP contribution in [0.15, 0.2) is 36.4 Å². The maximum Gasteiger partial charge on any atom is 0.165 e. The number of anilines is 2. The molecule has 0 spiro atoms. The molecule has 3 N–H and O–H groups in total. The third-order valence-electron chi connectivity index (χ3n) is 2.67. The first-order chi connectivity index (χ1) is 9.19.